The van der Waals surface area contributed by atoms with E-state index in [2.05, 4.69) is 15.3 Å². The predicted molar refractivity (Wildman–Crippen MR) is 119 cm³/mol. The van der Waals surface area contributed by atoms with Gasteiger partial charge in [-0.3, -0.25) is 9.78 Å². The number of para-hydroxylation sites is 1. The third-order valence-corrected chi connectivity index (χ3v) is 5.17. The smallest absolute Gasteiger partial charge is 0.433 e. The third kappa shape index (κ3) is 5.11. The lowest BCUT2D eigenvalue weighted by Gasteiger charge is -2.11. The molecule has 0 fully saturated rings. The monoisotopic (exact) mass is 451 g/mol. The highest BCUT2D eigenvalue weighted by Gasteiger charge is 2.32. The van der Waals surface area contributed by atoms with E-state index in [4.69, 9.17) is 4.74 Å². The predicted octanol–water partition coefficient (Wildman–Crippen LogP) is 5.30. The minimum atomic E-state index is -4.52. The molecule has 0 atom stereocenters. The molecule has 0 aliphatic rings. The van der Waals surface area contributed by atoms with E-state index in [1.165, 1.54) is 6.07 Å². The fraction of sp³-hybridized carbons (Fsp3) is 0.160. The summed E-state index contributed by atoms with van der Waals surface area (Å²) in [6.45, 7) is 0.416. The van der Waals surface area contributed by atoms with Crippen LogP contribution >= 0.6 is 0 Å². The number of carbonyl (C=O) groups is 1. The summed E-state index contributed by atoms with van der Waals surface area (Å²) in [7, 11) is 1.60. The molecule has 4 rings (SSSR count). The first-order valence-electron chi connectivity index (χ1n) is 10.2. The summed E-state index contributed by atoms with van der Waals surface area (Å²) in [6, 6.07) is 18.5. The van der Waals surface area contributed by atoms with E-state index < -0.39 is 11.9 Å². The average Bonchev–Trinajstić information content (AvgIpc) is 2.83. The number of carbonyl (C=O) groups excluding carboxylic acids is 1. The molecule has 2 aromatic carbocycles. The zero-order chi connectivity index (χ0) is 23.4. The summed E-state index contributed by atoms with van der Waals surface area (Å²) < 4.78 is 43.7. The van der Waals surface area contributed by atoms with Crippen molar-refractivity contribution in [2.45, 2.75) is 12.6 Å². The van der Waals surface area contributed by atoms with Crippen molar-refractivity contribution in [3.8, 4) is 17.0 Å². The molecule has 4 aromatic rings. The molecule has 5 nitrogen and oxygen atoms in total. The number of hydrogen-bond donors (Lipinski definition) is 1. The SMILES string of the molecule is COc1ccc(CCNC(=O)c2cc(-c3ccc(C(F)(F)F)nc3)nc3ccccc23)cc1. The maximum atomic E-state index is 13.0. The Balaban J connectivity index is 1.57. The number of halogens is 3. The minimum Gasteiger partial charge on any atom is -0.497 e. The van der Waals surface area contributed by atoms with Crippen LogP contribution in [0.1, 0.15) is 21.6 Å². The highest BCUT2D eigenvalue weighted by atomic mass is 19.4. The summed E-state index contributed by atoms with van der Waals surface area (Å²) in [5.41, 5.74) is 1.78. The van der Waals surface area contributed by atoms with Gasteiger partial charge < -0.3 is 10.1 Å². The van der Waals surface area contributed by atoms with Crippen molar-refractivity contribution in [2.24, 2.45) is 0 Å². The number of pyridine rings is 2. The summed E-state index contributed by atoms with van der Waals surface area (Å²) in [5, 5.41) is 3.57. The summed E-state index contributed by atoms with van der Waals surface area (Å²) >= 11 is 0. The van der Waals surface area contributed by atoms with E-state index in [0.717, 1.165) is 23.6 Å². The molecule has 0 aliphatic carbocycles. The largest absolute Gasteiger partial charge is 0.497 e. The van der Waals surface area contributed by atoms with E-state index in [-0.39, 0.29) is 5.91 Å². The molecule has 0 saturated carbocycles. The first kappa shape index (κ1) is 22.3. The van der Waals surface area contributed by atoms with E-state index in [1.807, 2.05) is 24.3 Å². The fourth-order valence-corrected chi connectivity index (χ4v) is 3.43. The van der Waals surface area contributed by atoms with Crippen LogP contribution in [0.25, 0.3) is 22.2 Å². The van der Waals surface area contributed by atoms with Gasteiger partial charge in [0.1, 0.15) is 11.4 Å². The van der Waals surface area contributed by atoms with E-state index in [0.29, 0.717) is 40.7 Å². The van der Waals surface area contributed by atoms with Gasteiger partial charge in [0.15, 0.2) is 0 Å². The molecular formula is C25H20F3N3O2. The van der Waals surface area contributed by atoms with Gasteiger partial charge in [0.05, 0.1) is 23.9 Å². The summed E-state index contributed by atoms with van der Waals surface area (Å²) in [4.78, 5) is 21.0. The van der Waals surface area contributed by atoms with E-state index in [9.17, 15) is 18.0 Å². The molecule has 0 saturated heterocycles. The van der Waals surface area contributed by atoms with Gasteiger partial charge in [-0.2, -0.15) is 13.2 Å². The van der Waals surface area contributed by atoms with Crippen molar-refractivity contribution < 1.29 is 22.7 Å². The molecule has 2 heterocycles. The Hall–Kier alpha value is -3.94. The van der Waals surface area contributed by atoms with Crippen LogP contribution < -0.4 is 10.1 Å². The zero-order valence-electron chi connectivity index (χ0n) is 17.7. The topological polar surface area (TPSA) is 64.1 Å². The highest BCUT2D eigenvalue weighted by Crippen LogP contribution is 2.30. The maximum absolute atomic E-state index is 13.0. The van der Waals surface area contributed by atoms with Crippen molar-refractivity contribution >= 4 is 16.8 Å². The molecule has 1 N–H and O–H groups in total. The molecule has 168 valence electrons. The Morgan fingerprint density at radius 2 is 1.79 bits per heavy atom. The molecule has 1 amide bonds. The van der Waals surface area contributed by atoms with Gasteiger partial charge in [-0.25, -0.2) is 4.98 Å². The van der Waals surface area contributed by atoms with Crippen LogP contribution in [0.15, 0.2) is 72.9 Å². The molecule has 0 bridgehead atoms. The van der Waals surface area contributed by atoms with Gasteiger partial charge in [0, 0.05) is 23.7 Å². The molecule has 0 unspecified atom stereocenters. The van der Waals surface area contributed by atoms with Crippen LogP contribution in [0.2, 0.25) is 0 Å². The summed E-state index contributed by atoms with van der Waals surface area (Å²) in [5.74, 6) is 0.472. The van der Waals surface area contributed by atoms with Crippen LogP contribution in [0, 0.1) is 0 Å². The number of amides is 1. The van der Waals surface area contributed by atoms with Crippen molar-refractivity contribution in [3.05, 3.63) is 89.7 Å². The molecule has 0 spiro atoms. The number of nitrogens with zero attached hydrogens (tertiary/aromatic N) is 2. The van der Waals surface area contributed by atoms with Gasteiger partial charge in [-0.15, -0.1) is 0 Å². The second-order valence-electron chi connectivity index (χ2n) is 7.36. The molecule has 33 heavy (non-hydrogen) atoms. The minimum absolute atomic E-state index is 0.289. The van der Waals surface area contributed by atoms with Crippen LogP contribution in [0.4, 0.5) is 13.2 Å². The number of hydrogen-bond acceptors (Lipinski definition) is 4. The maximum Gasteiger partial charge on any atom is 0.433 e. The van der Waals surface area contributed by atoms with Crippen LogP contribution in [0.5, 0.6) is 5.75 Å². The number of nitrogens with one attached hydrogen (secondary N) is 1. The fourth-order valence-electron chi connectivity index (χ4n) is 3.43. The Labute approximate surface area is 188 Å². The first-order valence-corrected chi connectivity index (χ1v) is 10.2. The molecule has 2 aromatic heterocycles. The Morgan fingerprint density at radius 1 is 1.03 bits per heavy atom. The Kier molecular flexibility index (Phi) is 6.26. The second-order valence-corrected chi connectivity index (χ2v) is 7.36. The van der Waals surface area contributed by atoms with E-state index in [1.54, 1.807) is 37.4 Å². The Morgan fingerprint density at radius 3 is 2.45 bits per heavy atom. The van der Waals surface area contributed by atoms with Gasteiger partial charge in [0.25, 0.3) is 5.91 Å². The van der Waals surface area contributed by atoms with Gasteiger partial charge >= 0.3 is 6.18 Å². The first-order chi connectivity index (χ1) is 15.8. The number of alkyl halides is 3. The number of rotatable bonds is 6. The number of methoxy groups -OCH3 is 1. The van der Waals surface area contributed by atoms with Crippen molar-refractivity contribution in [3.63, 3.8) is 0 Å². The van der Waals surface area contributed by atoms with Crippen LogP contribution in [-0.4, -0.2) is 29.5 Å². The van der Waals surface area contributed by atoms with Gasteiger partial charge in [-0.05, 0) is 48.4 Å². The number of aromatic nitrogens is 2. The van der Waals surface area contributed by atoms with Gasteiger partial charge in [0.2, 0.25) is 0 Å². The zero-order valence-corrected chi connectivity index (χ0v) is 17.7. The van der Waals surface area contributed by atoms with Gasteiger partial charge in [-0.1, -0.05) is 30.3 Å². The van der Waals surface area contributed by atoms with Crippen molar-refractivity contribution in [1.82, 2.24) is 15.3 Å². The third-order valence-electron chi connectivity index (χ3n) is 5.17. The average molecular weight is 451 g/mol. The normalized spacial score (nSPS) is 11.4. The van der Waals surface area contributed by atoms with Crippen LogP contribution in [-0.2, 0) is 12.6 Å². The lowest BCUT2D eigenvalue weighted by atomic mass is 10.0. The van der Waals surface area contributed by atoms with E-state index >= 15 is 0 Å². The number of ether oxygens (including phenoxy) is 1. The molecular weight excluding hydrogens is 431 g/mol. The molecule has 0 radical (unpaired) electrons. The summed E-state index contributed by atoms with van der Waals surface area (Å²) in [6.07, 6.45) is -2.77. The second kappa shape index (κ2) is 9.28. The van der Waals surface area contributed by atoms with Crippen molar-refractivity contribution in [2.75, 3.05) is 13.7 Å². The lowest BCUT2D eigenvalue weighted by Crippen LogP contribution is -2.26. The number of benzene rings is 2. The lowest BCUT2D eigenvalue weighted by molar-refractivity contribution is -0.141. The highest BCUT2D eigenvalue weighted by molar-refractivity contribution is 6.07. The molecule has 0 aliphatic heterocycles. The van der Waals surface area contributed by atoms with Crippen molar-refractivity contribution in [1.29, 1.82) is 0 Å². The standard InChI is InChI=1S/C25H20F3N3O2/c1-33-18-9-6-16(7-10-18)12-13-29-24(32)20-14-22(31-21-5-3-2-4-19(20)21)17-8-11-23(30-15-17)25(26,27)28/h2-11,14-15H,12-13H2,1H3,(H,29,32). The van der Waals surface area contributed by atoms with Crippen LogP contribution in [0.3, 0.4) is 0 Å². The number of fused-ring (bicyclic) bond motifs is 1. The Bertz CT molecular complexity index is 1270. The quantitative estimate of drug-likeness (QED) is 0.432. The molecule has 8 heteroatoms.